The Labute approximate surface area is 306 Å². The van der Waals surface area contributed by atoms with Gasteiger partial charge in [-0.2, -0.15) is 0 Å². The maximum absolute atomic E-state index is 13.1. The van der Waals surface area contributed by atoms with Gasteiger partial charge in [-0.3, -0.25) is 9.59 Å². The van der Waals surface area contributed by atoms with Gasteiger partial charge in [-0.1, -0.05) is 39.2 Å². The number of H-pyrrole nitrogens is 2. The number of nitrogens with zero attached hydrogens (tertiary/aromatic N) is 3. The van der Waals surface area contributed by atoms with Gasteiger partial charge in [0.15, 0.2) is 0 Å². The number of nitrogens with one attached hydrogen (secondary N) is 4. The van der Waals surface area contributed by atoms with E-state index in [1.54, 1.807) is 0 Å². The van der Waals surface area contributed by atoms with Crippen LogP contribution < -0.4 is 10.6 Å². The Balaban J connectivity index is 1.59. The van der Waals surface area contributed by atoms with Gasteiger partial charge in [0.2, 0.25) is 5.91 Å². The van der Waals surface area contributed by atoms with E-state index >= 15 is 0 Å². The highest BCUT2D eigenvalue weighted by Crippen LogP contribution is 2.36. The molecule has 0 aromatic carbocycles. The van der Waals surface area contributed by atoms with Crippen LogP contribution in [0.4, 0.5) is 0 Å². The normalized spacial score (nSPS) is 12.9. The molecule has 5 N–H and O–H groups in total. The number of aromatic nitrogens is 4. The molecule has 0 atom stereocenters. The quantitative estimate of drug-likeness (QED) is 0.0976. The van der Waals surface area contributed by atoms with Gasteiger partial charge in [-0.25, -0.2) is 9.97 Å². The lowest BCUT2D eigenvalue weighted by Crippen LogP contribution is -2.36. The van der Waals surface area contributed by atoms with Crippen molar-refractivity contribution in [3.05, 3.63) is 88.5 Å². The first kappa shape index (κ1) is 38.2. The number of amides is 1. The number of fused-ring (bicyclic) bond motifs is 8. The molecule has 0 saturated heterocycles. The van der Waals surface area contributed by atoms with E-state index in [0.29, 0.717) is 32.4 Å². The third-order valence-corrected chi connectivity index (χ3v) is 10.4. The zero-order valence-electron chi connectivity index (χ0n) is 31.6. The molecular weight excluding hydrogens is 651 g/mol. The second-order valence-corrected chi connectivity index (χ2v) is 13.5. The molecule has 2 aliphatic heterocycles. The summed E-state index contributed by atoms with van der Waals surface area (Å²) >= 11 is 0. The molecular formula is C42H53N7O3. The van der Waals surface area contributed by atoms with Crippen molar-refractivity contribution in [1.82, 2.24) is 35.5 Å². The van der Waals surface area contributed by atoms with Crippen LogP contribution in [0.5, 0.6) is 0 Å². The van der Waals surface area contributed by atoms with Gasteiger partial charge in [0.05, 0.1) is 22.8 Å². The molecule has 5 rings (SSSR count). The van der Waals surface area contributed by atoms with E-state index in [4.69, 9.17) is 9.97 Å². The molecule has 52 heavy (non-hydrogen) atoms. The van der Waals surface area contributed by atoms with Crippen LogP contribution in [0.1, 0.15) is 92.0 Å². The zero-order chi connectivity index (χ0) is 37.5. The SMILES string of the molecule is C=CC1=C(C)c2cc3[nH]c(cc4nc(cc5[nH]c(cc1n2)c(C)c5CCC(=O)O)C(CCC(=O)NCCNCCN(CC)CC)=C4C)c(C)c3C=C. The predicted octanol–water partition coefficient (Wildman–Crippen LogP) is 7.47. The second kappa shape index (κ2) is 17.0. The average Bonchev–Trinajstić information content (AvgIpc) is 3.78. The van der Waals surface area contributed by atoms with E-state index in [1.807, 2.05) is 44.2 Å². The van der Waals surface area contributed by atoms with Crippen molar-refractivity contribution in [1.29, 1.82) is 0 Å². The van der Waals surface area contributed by atoms with Crippen molar-refractivity contribution in [2.45, 2.75) is 67.2 Å². The number of rotatable bonds is 16. The number of aliphatic carboxylic acids is 1. The van der Waals surface area contributed by atoms with Gasteiger partial charge in [0.1, 0.15) is 0 Å². The highest BCUT2D eigenvalue weighted by Gasteiger charge is 2.21. The minimum Gasteiger partial charge on any atom is -0.481 e. The molecule has 0 unspecified atom stereocenters. The number of aromatic amines is 2. The summed E-state index contributed by atoms with van der Waals surface area (Å²) in [5.41, 5.74) is 14.5. The van der Waals surface area contributed by atoms with E-state index in [2.05, 4.69) is 72.4 Å². The lowest BCUT2D eigenvalue weighted by atomic mass is 10.00. The predicted molar refractivity (Wildman–Crippen MR) is 215 cm³/mol. The number of likely N-dealkylation sites (N-methyl/N-ethyl adjacent to an activating group) is 1. The molecule has 0 aliphatic carbocycles. The summed E-state index contributed by atoms with van der Waals surface area (Å²) in [5, 5.41) is 16.1. The lowest BCUT2D eigenvalue weighted by molar-refractivity contribution is -0.137. The number of hydrogen-bond acceptors (Lipinski definition) is 6. The number of carbonyl (C=O) groups is 2. The van der Waals surface area contributed by atoms with Gasteiger partial charge in [-0.15, -0.1) is 0 Å². The Bertz CT molecular complexity index is 2110. The Morgan fingerprint density at radius 1 is 0.769 bits per heavy atom. The van der Waals surface area contributed by atoms with Crippen LogP contribution in [-0.2, 0) is 16.0 Å². The summed E-state index contributed by atoms with van der Waals surface area (Å²) in [4.78, 5) is 44.5. The Morgan fingerprint density at radius 3 is 2.10 bits per heavy atom. The monoisotopic (exact) mass is 703 g/mol. The molecule has 0 spiro atoms. The summed E-state index contributed by atoms with van der Waals surface area (Å²) in [6, 6.07) is 8.12. The minimum atomic E-state index is -0.859. The maximum atomic E-state index is 13.1. The lowest BCUT2D eigenvalue weighted by Gasteiger charge is -2.18. The standard InChI is InChI=1S/C42H53N7O3/c1-9-29-25(5)33-21-34-27(7)31(13-15-41(50)44-18-17-43-19-20-49(11-3)12-4)39(47-34)24-40-32(14-16-42(51)52)28(8)36(48-40)23-38-30(10-2)26(6)35(46-38)22-37(29)45-33/h9-10,21-24,43,45,48H,1-2,11-20H2,3-8H3,(H,44,50)(H,51,52). The molecule has 1 amide bonds. The largest absolute Gasteiger partial charge is 0.481 e. The maximum Gasteiger partial charge on any atom is 0.303 e. The fourth-order valence-electron chi connectivity index (χ4n) is 7.06. The van der Waals surface area contributed by atoms with Crippen LogP contribution in [0.3, 0.4) is 0 Å². The van der Waals surface area contributed by atoms with Crippen molar-refractivity contribution in [3.8, 4) is 0 Å². The summed E-state index contributed by atoms with van der Waals surface area (Å²) in [6.07, 6.45) is 4.86. The molecule has 0 radical (unpaired) electrons. The molecule has 0 fully saturated rings. The van der Waals surface area contributed by atoms with Gasteiger partial charge in [-0.05, 0) is 111 Å². The van der Waals surface area contributed by atoms with E-state index < -0.39 is 5.97 Å². The van der Waals surface area contributed by atoms with Gasteiger partial charge >= 0.3 is 5.97 Å². The Hall–Kier alpha value is -5.06. The summed E-state index contributed by atoms with van der Waals surface area (Å²) in [5.74, 6) is -0.872. The number of carboxylic acid groups (broad SMARTS) is 1. The first-order valence-electron chi connectivity index (χ1n) is 18.3. The highest BCUT2D eigenvalue weighted by molar-refractivity contribution is 5.98. The van der Waals surface area contributed by atoms with E-state index in [1.165, 1.54) is 0 Å². The number of aryl methyl sites for hydroxylation is 3. The molecule has 274 valence electrons. The van der Waals surface area contributed by atoms with Crippen molar-refractivity contribution < 1.29 is 14.7 Å². The van der Waals surface area contributed by atoms with Gasteiger partial charge < -0.3 is 30.6 Å². The number of carboxylic acids is 1. The molecule has 10 heteroatoms. The smallest absolute Gasteiger partial charge is 0.303 e. The van der Waals surface area contributed by atoms with Gasteiger partial charge in [0, 0.05) is 72.2 Å². The van der Waals surface area contributed by atoms with E-state index in [-0.39, 0.29) is 12.3 Å². The van der Waals surface area contributed by atoms with E-state index in [0.717, 1.165) is 116 Å². The van der Waals surface area contributed by atoms with Crippen molar-refractivity contribution in [2.75, 3.05) is 39.3 Å². The Morgan fingerprint density at radius 2 is 1.40 bits per heavy atom. The zero-order valence-corrected chi connectivity index (χ0v) is 31.6. The van der Waals surface area contributed by atoms with Gasteiger partial charge in [0.25, 0.3) is 0 Å². The van der Waals surface area contributed by atoms with Crippen LogP contribution in [-0.4, -0.2) is 81.1 Å². The highest BCUT2D eigenvalue weighted by atomic mass is 16.4. The first-order chi connectivity index (χ1) is 25.0. The van der Waals surface area contributed by atoms with Crippen molar-refractivity contribution in [3.63, 3.8) is 0 Å². The molecule has 3 aromatic rings. The fourth-order valence-corrected chi connectivity index (χ4v) is 7.06. The third kappa shape index (κ3) is 8.35. The van der Waals surface area contributed by atoms with Crippen LogP contribution in [0.2, 0.25) is 0 Å². The molecule has 0 saturated carbocycles. The van der Waals surface area contributed by atoms with Crippen molar-refractivity contribution in [2.24, 2.45) is 0 Å². The van der Waals surface area contributed by atoms with Crippen molar-refractivity contribution >= 4 is 62.3 Å². The van der Waals surface area contributed by atoms with Crippen LogP contribution in [0, 0.1) is 13.8 Å². The van der Waals surface area contributed by atoms with Crippen LogP contribution >= 0.6 is 0 Å². The summed E-state index contributed by atoms with van der Waals surface area (Å²) in [7, 11) is 0. The second-order valence-electron chi connectivity index (χ2n) is 13.5. The van der Waals surface area contributed by atoms with Crippen LogP contribution in [0.25, 0.3) is 50.4 Å². The molecule has 5 heterocycles. The molecule has 8 bridgehead atoms. The first-order valence-corrected chi connectivity index (χ1v) is 18.3. The Kier molecular flexibility index (Phi) is 12.5. The topological polar surface area (TPSA) is 139 Å². The number of hydrogen-bond donors (Lipinski definition) is 5. The molecule has 10 nitrogen and oxygen atoms in total. The number of carbonyl (C=O) groups excluding carboxylic acids is 1. The average molecular weight is 704 g/mol. The third-order valence-electron chi connectivity index (χ3n) is 10.4. The van der Waals surface area contributed by atoms with Crippen LogP contribution in [0.15, 0.2) is 43.5 Å². The fraction of sp³-hybridized carbons (Fsp3) is 0.381. The minimum absolute atomic E-state index is 0.00653. The van der Waals surface area contributed by atoms with E-state index in [9.17, 15) is 14.7 Å². The molecule has 3 aromatic heterocycles. The molecule has 2 aliphatic rings. The number of allylic oxidation sites excluding steroid dienone is 5. The summed E-state index contributed by atoms with van der Waals surface area (Å²) in [6.45, 7) is 25.9. The summed E-state index contributed by atoms with van der Waals surface area (Å²) < 4.78 is 0.